The molecule has 0 bridgehead atoms. The normalized spacial score (nSPS) is 10.6. The van der Waals surface area contributed by atoms with E-state index in [1.54, 1.807) is 41.2 Å². The van der Waals surface area contributed by atoms with Gasteiger partial charge in [0.15, 0.2) is 11.0 Å². The maximum atomic E-state index is 11.7. The number of ether oxygens (including phenoxy) is 1. The number of carbonyl (C=O) groups is 2. The van der Waals surface area contributed by atoms with E-state index in [1.807, 2.05) is 11.4 Å². The summed E-state index contributed by atoms with van der Waals surface area (Å²) in [4.78, 5) is 22.4. The van der Waals surface area contributed by atoms with E-state index in [2.05, 4.69) is 10.2 Å². The van der Waals surface area contributed by atoms with Gasteiger partial charge in [-0.3, -0.25) is 14.7 Å². The van der Waals surface area contributed by atoms with E-state index in [0.29, 0.717) is 34.1 Å². The number of imide groups is 1. The van der Waals surface area contributed by atoms with E-state index in [4.69, 9.17) is 26.5 Å². The van der Waals surface area contributed by atoms with Crippen molar-refractivity contribution in [3.8, 4) is 5.75 Å². The number of benzene rings is 1. The van der Waals surface area contributed by atoms with E-state index in [0.717, 1.165) is 11.8 Å². The summed E-state index contributed by atoms with van der Waals surface area (Å²) in [6, 6.07) is 9.64. The maximum Gasteiger partial charge on any atom is 0.318 e. The minimum Gasteiger partial charge on any atom is -0.486 e. The molecule has 28 heavy (non-hydrogen) atoms. The van der Waals surface area contributed by atoms with Crippen molar-refractivity contribution in [2.24, 2.45) is 5.73 Å². The first kappa shape index (κ1) is 19.8. The minimum absolute atomic E-state index is 0.0444. The highest BCUT2D eigenvalue weighted by Crippen LogP contribution is 2.21. The molecule has 3 N–H and O–H groups in total. The predicted octanol–water partition coefficient (Wildman–Crippen LogP) is 2.44. The topological polar surface area (TPSA) is 125 Å². The number of aromatic nitrogens is 3. The minimum atomic E-state index is -0.903. The summed E-state index contributed by atoms with van der Waals surface area (Å²) in [5.74, 6) is 1.30. The summed E-state index contributed by atoms with van der Waals surface area (Å²) < 4.78 is 12.9. The van der Waals surface area contributed by atoms with E-state index >= 15 is 0 Å². The molecule has 11 heteroatoms. The fourth-order valence-electron chi connectivity index (χ4n) is 2.23. The second-order valence-corrected chi connectivity index (χ2v) is 6.89. The van der Waals surface area contributed by atoms with Crippen LogP contribution >= 0.6 is 23.4 Å². The largest absolute Gasteiger partial charge is 0.486 e. The molecule has 2 heterocycles. The average Bonchev–Trinajstić information content (AvgIpc) is 3.30. The number of amides is 3. The standard InChI is InChI=1S/C17H16ClN5O4S/c18-11-3-5-12(6-4-11)27-9-14-21-22-17(28-10-15(24)20-16(19)25)23(14)8-13-2-1-7-26-13/h1-7H,8-10H2,(H3,19,20,24,25). The summed E-state index contributed by atoms with van der Waals surface area (Å²) >= 11 is 6.99. The van der Waals surface area contributed by atoms with Crippen molar-refractivity contribution in [2.45, 2.75) is 18.3 Å². The number of rotatable bonds is 8. The Morgan fingerprint density at radius 2 is 2.04 bits per heavy atom. The van der Waals surface area contributed by atoms with Crippen molar-refractivity contribution >= 4 is 35.3 Å². The fourth-order valence-corrected chi connectivity index (χ4v) is 3.11. The molecule has 146 valence electrons. The number of furan rings is 1. The number of urea groups is 1. The Labute approximate surface area is 169 Å². The molecule has 0 atom stereocenters. The average molecular weight is 422 g/mol. The highest BCUT2D eigenvalue weighted by atomic mass is 35.5. The van der Waals surface area contributed by atoms with Crippen LogP contribution in [0.25, 0.3) is 0 Å². The number of hydrogen-bond donors (Lipinski definition) is 2. The zero-order valence-corrected chi connectivity index (χ0v) is 16.1. The van der Waals surface area contributed by atoms with Gasteiger partial charge in [-0.15, -0.1) is 10.2 Å². The lowest BCUT2D eigenvalue weighted by molar-refractivity contribution is -0.117. The van der Waals surface area contributed by atoms with Crippen molar-refractivity contribution in [3.05, 3.63) is 59.3 Å². The van der Waals surface area contributed by atoms with Crippen molar-refractivity contribution in [1.29, 1.82) is 0 Å². The van der Waals surface area contributed by atoms with Crippen LogP contribution in [-0.2, 0) is 17.9 Å². The van der Waals surface area contributed by atoms with E-state index in [-0.39, 0.29) is 12.4 Å². The Hall–Kier alpha value is -2.98. The van der Waals surface area contributed by atoms with Crippen LogP contribution in [0.4, 0.5) is 4.79 Å². The van der Waals surface area contributed by atoms with Gasteiger partial charge in [0.25, 0.3) is 0 Å². The second kappa shape index (κ2) is 9.29. The highest BCUT2D eigenvalue weighted by Gasteiger charge is 2.16. The van der Waals surface area contributed by atoms with Gasteiger partial charge < -0.3 is 14.9 Å². The van der Waals surface area contributed by atoms with Crippen molar-refractivity contribution in [3.63, 3.8) is 0 Å². The Balaban J connectivity index is 1.73. The Morgan fingerprint density at radius 1 is 1.25 bits per heavy atom. The first-order valence-electron chi connectivity index (χ1n) is 8.06. The van der Waals surface area contributed by atoms with Crippen LogP contribution in [0.1, 0.15) is 11.6 Å². The van der Waals surface area contributed by atoms with Crippen molar-refractivity contribution in [1.82, 2.24) is 20.1 Å². The molecule has 3 rings (SSSR count). The third-order valence-electron chi connectivity index (χ3n) is 3.46. The molecule has 0 aliphatic rings. The number of nitrogens with zero attached hydrogens (tertiary/aromatic N) is 3. The molecule has 0 saturated carbocycles. The van der Waals surface area contributed by atoms with Crippen LogP contribution in [0.3, 0.4) is 0 Å². The SMILES string of the molecule is NC(=O)NC(=O)CSc1nnc(COc2ccc(Cl)cc2)n1Cc1ccco1. The van der Waals surface area contributed by atoms with Gasteiger partial charge in [0.05, 0.1) is 18.6 Å². The molecule has 3 amide bonds. The summed E-state index contributed by atoms with van der Waals surface area (Å²) in [7, 11) is 0. The molecular formula is C17H16ClN5O4S. The van der Waals surface area contributed by atoms with Crippen molar-refractivity contribution < 1.29 is 18.7 Å². The number of nitrogens with one attached hydrogen (secondary N) is 1. The summed E-state index contributed by atoms with van der Waals surface area (Å²) in [6.07, 6.45) is 1.57. The second-order valence-electron chi connectivity index (χ2n) is 5.51. The lowest BCUT2D eigenvalue weighted by Crippen LogP contribution is -2.36. The number of primary amides is 1. The fraction of sp³-hybridized carbons (Fsp3) is 0.176. The van der Waals surface area contributed by atoms with Gasteiger partial charge in [0.2, 0.25) is 5.91 Å². The number of nitrogens with two attached hydrogens (primary N) is 1. The summed E-state index contributed by atoms with van der Waals surface area (Å²) in [6.45, 7) is 0.516. The smallest absolute Gasteiger partial charge is 0.318 e. The molecule has 0 spiro atoms. The first-order valence-corrected chi connectivity index (χ1v) is 9.42. The van der Waals surface area contributed by atoms with Gasteiger partial charge in [-0.1, -0.05) is 23.4 Å². The number of hydrogen-bond acceptors (Lipinski definition) is 7. The van der Waals surface area contributed by atoms with Crippen LogP contribution in [0, 0.1) is 0 Å². The maximum absolute atomic E-state index is 11.7. The van der Waals surface area contributed by atoms with E-state index in [9.17, 15) is 9.59 Å². The monoisotopic (exact) mass is 421 g/mol. The van der Waals surface area contributed by atoms with Gasteiger partial charge in [-0.25, -0.2) is 4.79 Å². The zero-order chi connectivity index (χ0) is 19.9. The molecule has 3 aromatic rings. The quantitative estimate of drug-likeness (QED) is 0.535. The lowest BCUT2D eigenvalue weighted by Gasteiger charge is -2.10. The Bertz CT molecular complexity index is 943. The first-order chi connectivity index (χ1) is 13.5. The molecule has 9 nitrogen and oxygen atoms in total. The lowest BCUT2D eigenvalue weighted by atomic mass is 10.3. The predicted molar refractivity (Wildman–Crippen MR) is 102 cm³/mol. The van der Waals surface area contributed by atoms with Gasteiger partial charge in [0, 0.05) is 5.02 Å². The van der Waals surface area contributed by atoms with Gasteiger partial charge in [-0.05, 0) is 36.4 Å². The van der Waals surface area contributed by atoms with Gasteiger partial charge in [0.1, 0.15) is 18.1 Å². The molecule has 0 radical (unpaired) electrons. The Kier molecular flexibility index (Phi) is 6.56. The van der Waals surface area contributed by atoms with E-state index < -0.39 is 11.9 Å². The van der Waals surface area contributed by atoms with Crippen LogP contribution in [-0.4, -0.2) is 32.5 Å². The van der Waals surface area contributed by atoms with Crippen LogP contribution in [0.2, 0.25) is 5.02 Å². The van der Waals surface area contributed by atoms with Crippen LogP contribution in [0.5, 0.6) is 5.75 Å². The Morgan fingerprint density at radius 3 is 2.71 bits per heavy atom. The molecule has 0 fully saturated rings. The van der Waals surface area contributed by atoms with Crippen LogP contribution < -0.4 is 15.8 Å². The summed E-state index contributed by atoms with van der Waals surface area (Å²) in [5.41, 5.74) is 4.94. The molecule has 0 unspecified atom stereocenters. The zero-order valence-electron chi connectivity index (χ0n) is 14.5. The highest BCUT2D eigenvalue weighted by molar-refractivity contribution is 7.99. The molecule has 1 aromatic carbocycles. The number of thioether (sulfide) groups is 1. The van der Waals surface area contributed by atoms with E-state index in [1.165, 1.54) is 0 Å². The number of carbonyl (C=O) groups excluding carboxylic acids is 2. The molecular weight excluding hydrogens is 406 g/mol. The van der Waals surface area contributed by atoms with Crippen LogP contribution in [0.15, 0.2) is 52.2 Å². The third kappa shape index (κ3) is 5.51. The summed E-state index contributed by atoms with van der Waals surface area (Å²) in [5, 5.41) is 11.3. The van der Waals surface area contributed by atoms with Gasteiger partial charge >= 0.3 is 6.03 Å². The van der Waals surface area contributed by atoms with Gasteiger partial charge in [-0.2, -0.15) is 0 Å². The van der Waals surface area contributed by atoms with Crippen molar-refractivity contribution in [2.75, 3.05) is 5.75 Å². The molecule has 0 saturated heterocycles. The molecule has 0 aliphatic heterocycles. The number of halogens is 1. The molecule has 2 aromatic heterocycles. The molecule has 0 aliphatic carbocycles. The third-order valence-corrected chi connectivity index (χ3v) is 4.68.